The summed E-state index contributed by atoms with van der Waals surface area (Å²) in [5, 5.41) is 0.784. The van der Waals surface area contributed by atoms with Crippen molar-refractivity contribution in [3.05, 3.63) is 52.0 Å². The van der Waals surface area contributed by atoms with Crippen LogP contribution in [0.15, 0.2) is 30.3 Å². The van der Waals surface area contributed by atoms with Gasteiger partial charge in [0.1, 0.15) is 11.9 Å². The summed E-state index contributed by atoms with van der Waals surface area (Å²) in [5.41, 5.74) is 6.11. The topological polar surface area (TPSA) is 21.7 Å². The van der Waals surface area contributed by atoms with Crippen LogP contribution in [0, 0.1) is 13.8 Å². The summed E-state index contributed by atoms with van der Waals surface area (Å²) < 4.78 is 11.9. The lowest BCUT2D eigenvalue weighted by Crippen LogP contribution is -2.42. The van der Waals surface area contributed by atoms with Crippen LogP contribution in [0.3, 0.4) is 0 Å². The molecule has 25 heavy (non-hydrogen) atoms. The number of benzene rings is 2. The molecule has 1 saturated heterocycles. The Morgan fingerprint density at radius 1 is 1.12 bits per heavy atom. The summed E-state index contributed by atoms with van der Waals surface area (Å²) in [7, 11) is 0. The zero-order valence-electron chi connectivity index (χ0n) is 14.8. The predicted molar refractivity (Wildman–Crippen MR) is 102 cm³/mol. The summed E-state index contributed by atoms with van der Waals surface area (Å²) in [4.78, 5) is 2.43. The number of ether oxygens (including phenoxy) is 2. The van der Waals surface area contributed by atoms with E-state index in [1.807, 2.05) is 6.07 Å². The number of nitrogens with zero attached hydrogens (tertiary/aromatic N) is 1. The second-order valence-corrected chi connectivity index (χ2v) is 7.50. The smallest absolute Gasteiger partial charge is 0.131 e. The molecule has 2 aromatic rings. The first-order valence-corrected chi connectivity index (χ1v) is 9.35. The van der Waals surface area contributed by atoms with Crippen LogP contribution in [-0.2, 0) is 11.2 Å². The molecule has 0 aliphatic carbocycles. The van der Waals surface area contributed by atoms with E-state index >= 15 is 0 Å². The molecule has 1 unspecified atom stereocenters. The summed E-state index contributed by atoms with van der Waals surface area (Å²) in [6, 6.07) is 10.5. The molecule has 2 aliphatic heterocycles. The minimum atomic E-state index is 0.189. The molecule has 4 rings (SSSR count). The molecule has 3 nitrogen and oxygen atoms in total. The van der Waals surface area contributed by atoms with Gasteiger partial charge in [-0.05, 0) is 48.2 Å². The van der Waals surface area contributed by atoms with E-state index in [-0.39, 0.29) is 6.10 Å². The third kappa shape index (κ3) is 3.41. The molecule has 2 aromatic carbocycles. The first-order valence-electron chi connectivity index (χ1n) is 8.97. The van der Waals surface area contributed by atoms with Gasteiger partial charge in [0.15, 0.2) is 0 Å². The van der Waals surface area contributed by atoms with E-state index in [4.69, 9.17) is 21.1 Å². The fraction of sp³-hybridized carbons (Fsp3) is 0.429. The van der Waals surface area contributed by atoms with Gasteiger partial charge < -0.3 is 9.47 Å². The Balaban J connectivity index is 1.65. The Kier molecular flexibility index (Phi) is 4.72. The zero-order valence-corrected chi connectivity index (χ0v) is 15.6. The molecular weight excluding hydrogens is 334 g/mol. The van der Waals surface area contributed by atoms with Gasteiger partial charge in [-0.15, -0.1) is 0 Å². The highest BCUT2D eigenvalue weighted by Crippen LogP contribution is 2.43. The number of halogens is 1. The summed E-state index contributed by atoms with van der Waals surface area (Å²) in [6.07, 6.45) is 1.11. The lowest BCUT2D eigenvalue weighted by Gasteiger charge is -2.28. The Morgan fingerprint density at radius 3 is 2.56 bits per heavy atom. The van der Waals surface area contributed by atoms with Crippen molar-refractivity contribution >= 4 is 11.6 Å². The molecule has 1 fully saturated rings. The van der Waals surface area contributed by atoms with Crippen LogP contribution in [0.5, 0.6) is 5.75 Å². The second kappa shape index (κ2) is 6.99. The van der Waals surface area contributed by atoms with Crippen LogP contribution >= 0.6 is 11.6 Å². The third-order valence-electron chi connectivity index (χ3n) is 5.18. The fourth-order valence-electron chi connectivity index (χ4n) is 3.99. The van der Waals surface area contributed by atoms with E-state index in [0.29, 0.717) is 0 Å². The number of morpholine rings is 1. The minimum absolute atomic E-state index is 0.189. The van der Waals surface area contributed by atoms with Crippen molar-refractivity contribution in [3.8, 4) is 16.9 Å². The Morgan fingerprint density at radius 2 is 1.84 bits per heavy atom. The number of fused-ring (bicyclic) bond motifs is 1. The lowest BCUT2D eigenvalue weighted by atomic mass is 9.93. The summed E-state index contributed by atoms with van der Waals surface area (Å²) in [5.74, 6) is 1.01. The highest BCUT2D eigenvalue weighted by molar-refractivity contribution is 6.31. The van der Waals surface area contributed by atoms with Crippen LogP contribution in [-0.4, -0.2) is 43.9 Å². The molecule has 1 atom stereocenters. The van der Waals surface area contributed by atoms with Crippen LogP contribution in [0.25, 0.3) is 11.1 Å². The van der Waals surface area contributed by atoms with Crippen molar-refractivity contribution in [2.24, 2.45) is 0 Å². The van der Waals surface area contributed by atoms with Crippen molar-refractivity contribution in [1.82, 2.24) is 4.90 Å². The Bertz CT molecular complexity index is 763. The van der Waals surface area contributed by atoms with E-state index in [1.54, 1.807) is 0 Å². The first-order chi connectivity index (χ1) is 12.1. The van der Waals surface area contributed by atoms with Gasteiger partial charge in [-0.2, -0.15) is 0 Å². The predicted octanol–water partition coefficient (Wildman–Crippen LogP) is 4.26. The molecule has 0 radical (unpaired) electrons. The molecule has 4 heteroatoms. The maximum Gasteiger partial charge on any atom is 0.131 e. The molecule has 0 N–H and O–H groups in total. The van der Waals surface area contributed by atoms with Crippen LogP contribution < -0.4 is 4.74 Å². The van der Waals surface area contributed by atoms with Gasteiger partial charge in [0.05, 0.1) is 13.2 Å². The summed E-state index contributed by atoms with van der Waals surface area (Å²) in [6.45, 7) is 8.85. The highest BCUT2D eigenvalue weighted by Gasteiger charge is 2.29. The standard InChI is InChI=1S/C21H24ClNO2/c1-14-4-3-5-15(2)20(14)19-12-17(22)10-16-11-18(25-21(16)19)13-23-6-8-24-9-7-23/h3-5,10,12,18H,6-9,11,13H2,1-2H3. The van der Waals surface area contributed by atoms with Gasteiger partial charge in [-0.25, -0.2) is 0 Å². The Labute approximate surface area is 154 Å². The molecule has 132 valence electrons. The van der Waals surface area contributed by atoms with Crippen molar-refractivity contribution in [3.63, 3.8) is 0 Å². The third-order valence-corrected chi connectivity index (χ3v) is 5.40. The normalized spacial score (nSPS) is 20.4. The lowest BCUT2D eigenvalue weighted by molar-refractivity contribution is 0.0223. The molecular formula is C21H24ClNO2. The van der Waals surface area contributed by atoms with Gasteiger partial charge in [0.25, 0.3) is 0 Å². The van der Waals surface area contributed by atoms with Crippen LogP contribution in [0.2, 0.25) is 5.02 Å². The highest BCUT2D eigenvalue weighted by atomic mass is 35.5. The fourth-order valence-corrected chi connectivity index (χ4v) is 4.23. The van der Waals surface area contributed by atoms with Crippen molar-refractivity contribution < 1.29 is 9.47 Å². The first kappa shape index (κ1) is 16.9. The number of hydrogen-bond acceptors (Lipinski definition) is 3. The quantitative estimate of drug-likeness (QED) is 0.819. The van der Waals surface area contributed by atoms with Gasteiger partial charge in [-0.3, -0.25) is 4.90 Å². The number of rotatable bonds is 3. The molecule has 0 aromatic heterocycles. The van der Waals surface area contributed by atoms with Crippen LogP contribution in [0.4, 0.5) is 0 Å². The summed E-state index contributed by atoms with van der Waals surface area (Å²) >= 11 is 6.44. The number of hydrogen-bond donors (Lipinski definition) is 0. The average molecular weight is 358 g/mol. The van der Waals surface area contributed by atoms with E-state index in [1.165, 1.54) is 22.3 Å². The van der Waals surface area contributed by atoms with E-state index < -0.39 is 0 Å². The molecule has 0 amide bonds. The monoisotopic (exact) mass is 357 g/mol. The maximum absolute atomic E-state index is 6.44. The average Bonchev–Trinajstić information content (AvgIpc) is 2.97. The molecule has 2 aliphatic rings. The largest absolute Gasteiger partial charge is 0.488 e. The maximum atomic E-state index is 6.44. The molecule has 0 saturated carbocycles. The van der Waals surface area contributed by atoms with Crippen molar-refractivity contribution in [2.75, 3.05) is 32.8 Å². The second-order valence-electron chi connectivity index (χ2n) is 7.07. The molecule has 2 heterocycles. The minimum Gasteiger partial charge on any atom is -0.488 e. The van der Waals surface area contributed by atoms with Gasteiger partial charge in [0, 0.05) is 36.6 Å². The van der Waals surface area contributed by atoms with E-state index in [9.17, 15) is 0 Å². The van der Waals surface area contributed by atoms with Gasteiger partial charge in [-0.1, -0.05) is 29.8 Å². The van der Waals surface area contributed by atoms with Crippen molar-refractivity contribution in [2.45, 2.75) is 26.4 Å². The number of aryl methyl sites for hydroxylation is 2. The van der Waals surface area contributed by atoms with E-state index in [0.717, 1.165) is 55.6 Å². The SMILES string of the molecule is Cc1cccc(C)c1-c1cc(Cl)cc2c1OC(CN1CCOCC1)C2. The molecule has 0 bridgehead atoms. The van der Waals surface area contributed by atoms with Crippen molar-refractivity contribution in [1.29, 1.82) is 0 Å². The zero-order chi connectivity index (χ0) is 17.4. The van der Waals surface area contributed by atoms with E-state index in [2.05, 4.69) is 43.0 Å². The molecule has 0 spiro atoms. The van der Waals surface area contributed by atoms with Crippen LogP contribution in [0.1, 0.15) is 16.7 Å². The van der Waals surface area contributed by atoms with Gasteiger partial charge >= 0.3 is 0 Å². The Hall–Kier alpha value is -1.55. The van der Waals surface area contributed by atoms with Gasteiger partial charge in [0.2, 0.25) is 0 Å².